The van der Waals surface area contributed by atoms with Gasteiger partial charge in [0.25, 0.3) is 0 Å². The van der Waals surface area contributed by atoms with Crippen molar-refractivity contribution in [1.29, 1.82) is 0 Å². The first-order chi connectivity index (χ1) is 8.09. The first-order valence-electron chi connectivity index (χ1n) is 6.63. The Kier molecular flexibility index (Phi) is 3.85. The van der Waals surface area contributed by atoms with E-state index in [1.54, 1.807) is 0 Å². The van der Waals surface area contributed by atoms with E-state index >= 15 is 0 Å². The van der Waals surface area contributed by atoms with Crippen LogP contribution in [0.3, 0.4) is 0 Å². The fraction of sp³-hybridized carbons (Fsp3) is 0.600. The SMILES string of the molecule is CC(C)c1ccc([C@H](N)[C@H](O)C2CCC2)cc1. The maximum Gasteiger partial charge on any atom is 0.0760 e. The molecule has 0 aliphatic heterocycles. The highest BCUT2D eigenvalue weighted by molar-refractivity contribution is 5.27. The maximum absolute atomic E-state index is 10.1. The molecule has 2 atom stereocenters. The highest BCUT2D eigenvalue weighted by atomic mass is 16.3. The van der Waals surface area contributed by atoms with Crippen molar-refractivity contribution in [2.75, 3.05) is 0 Å². The van der Waals surface area contributed by atoms with Crippen LogP contribution in [0.4, 0.5) is 0 Å². The summed E-state index contributed by atoms with van der Waals surface area (Å²) in [6.07, 6.45) is 3.10. The molecule has 1 aliphatic carbocycles. The summed E-state index contributed by atoms with van der Waals surface area (Å²) in [6, 6.07) is 8.12. The van der Waals surface area contributed by atoms with E-state index in [4.69, 9.17) is 5.73 Å². The summed E-state index contributed by atoms with van der Waals surface area (Å²) in [4.78, 5) is 0. The lowest BCUT2D eigenvalue weighted by molar-refractivity contribution is 0.0413. The zero-order chi connectivity index (χ0) is 12.4. The Morgan fingerprint density at radius 1 is 1.12 bits per heavy atom. The number of hydrogen-bond acceptors (Lipinski definition) is 2. The van der Waals surface area contributed by atoms with Crippen molar-refractivity contribution >= 4 is 0 Å². The van der Waals surface area contributed by atoms with Crippen molar-refractivity contribution in [2.24, 2.45) is 11.7 Å². The lowest BCUT2D eigenvalue weighted by Gasteiger charge is -2.33. The average molecular weight is 233 g/mol. The molecule has 2 nitrogen and oxygen atoms in total. The van der Waals surface area contributed by atoms with Gasteiger partial charge in [-0.15, -0.1) is 0 Å². The zero-order valence-corrected chi connectivity index (χ0v) is 10.8. The zero-order valence-electron chi connectivity index (χ0n) is 10.8. The molecule has 0 radical (unpaired) electrons. The van der Waals surface area contributed by atoms with Crippen LogP contribution in [-0.2, 0) is 0 Å². The van der Waals surface area contributed by atoms with Crippen molar-refractivity contribution in [3.05, 3.63) is 35.4 Å². The van der Waals surface area contributed by atoms with Crippen molar-refractivity contribution in [2.45, 2.75) is 51.2 Å². The van der Waals surface area contributed by atoms with Gasteiger partial charge >= 0.3 is 0 Å². The number of rotatable bonds is 4. The van der Waals surface area contributed by atoms with Crippen LogP contribution in [0.5, 0.6) is 0 Å². The van der Waals surface area contributed by atoms with Crippen molar-refractivity contribution in [3.63, 3.8) is 0 Å². The van der Waals surface area contributed by atoms with Crippen LogP contribution < -0.4 is 5.73 Å². The van der Waals surface area contributed by atoms with Gasteiger partial charge in [0, 0.05) is 0 Å². The summed E-state index contributed by atoms with van der Waals surface area (Å²) < 4.78 is 0. The van der Waals surface area contributed by atoms with E-state index in [9.17, 15) is 5.11 Å². The summed E-state index contributed by atoms with van der Waals surface area (Å²) in [5.74, 6) is 0.951. The number of aliphatic hydroxyl groups is 1. The van der Waals surface area contributed by atoms with E-state index < -0.39 is 0 Å². The van der Waals surface area contributed by atoms with Crippen molar-refractivity contribution < 1.29 is 5.11 Å². The summed E-state index contributed by atoms with van der Waals surface area (Å²) in [6.45, 7) is 4.36. The lowest BCUT2D eigenvalue weighted by Crippen LogP contribution is -2.36. The first-order valence-corrected chi connectivity index (χ1v) is 6.63. The van der Waals surface area contributed by atoms with Gasteiger partial charge in [-0.1, -0.05) is 44.5 Å². The highest BCUT2D eigenvalue weighted by Gasteiger charge is 2.30. The Morgan fingerprint density at radius 2 is 1.65 bits per heavy atom. The standard InChI is InChI=1S/C15H23NO/c1-10(2)11-6-8-12(9-7-11)14(16)15(17)13-4-3-5-13/h6-10,13-15,17H,3-5,16H2,1-2H3/t14-,15+/m0/s1. The van der Waals surface area contributed by atoms with Crippen LogP contribution in [0.25, 0.3) is 0 Å². The third kappa shape index (κ3) is 2.70. The van der Waals surface area contributed by atoms with Crippen LogP contribution in [-0.4, -0.2) is 11.2 Å². The molecule has 2 heteroatoms. The minimum atomic E-state index is -0.381. The molecular weight excluding hydrogens is 210 g/mol. The Hall–Kier alpha value is -0.860. The maximum atomic E-state index is 10.1. The second-order valence-corrected chi connectivity index (χ2v) is 5.53. The topological polar surface area (TPSA) is 46.2 Å². The molecule has 0 spiro atoms. The van der Waals surface area contributed by atoms with Crippen LogP contribution in [0.2, 0.25) is 0 Å². The van der Waals surface area contributed by atoms with E-state index in [1.807, 2.05) is 0 Å². The van der Waals surface area contributed by atoms with Gasteiger partial charge in [-0.25, -0.2) is 0 Å². The van der Waals surface area contributed by atoms with E-state index in [2.05, 4.69) is 38.1 Å². The van der Waals surface area contributed by atoms with Gasteiger partial charge in [0.05, 0.1) is 12.1 Å². The third-order valence-electron chi connectivity index (χ3n) is 3.99. The van der Waals surface area contributed by atoms with E-state index in [0.717, 1.165) is 18.4 Å². The summed E-state index contributed by atoms with van der Waals surface area (Å²) in [7, 11) is 0. The second kappa shape index (κ2) is 5.19. The molecule has 1 aromatic carbocycles. The lowest BCUT2D eigenvalue weighted by atomic mass is 9.77. The molecule has 1 fully saturated rings. The minimum Gasteiger partial charge on any atom is -0.391 e. The van der Waals surface area contributed by atoms with Crippen molar-refractivity contribution in [1.82, 2.24) is 0 Å². The molecule has 94 valence electrons. The quantitative estimate of drug-likeness (QED) is 0.840. The molecule has 0 amide bonds. The third-order valence-corrected chi connectivity index (χ3v) is 3.99. The van der Waals surface area contributed by atoms with E-state index in [1.165, 1.54) is 12.0 Å². The van der Waals surface area contributed by atoms with Crippen molar-refractivity contribution in [3.8, 4) is 0 Å². The smallest absolute Gasteiger partial charge is 0.0760 e. The van der Waals surface area contributed by atoms with Gasteiger partial charge in [-0.05, 0) is 35.8 Å². The summed E-state index contributed by atoms with van der Waals surface area (Å²) >= 11 is 0. The van der Waals surface area contributed by atoms with Gasteiger partial charge in [0.15, 0.2) is 0 Å². The van der Waals surface area contributed by atoms with Crippen LogP contribution in [0.1, 0.15) is 56.2 Å². The second-order valence-electron chi connectivity index (χ2n) is 5.53. The monoisotopic (exact) mass is 233 g/mol. The first kappa shape index (κ1) is 12.6. The molecule has 17 heavy (non-hydrogen) atoms. The molecule has 2 rings (SSSR count). The number of aliphatic hydroxyl groups excluding tert-OH is 1. The van der Waals surface area contributed by atoms with Crippen LogP contribution >= 0.6 is 0 Å². The minimum absolute atomic E-state index is 0.235. The van der Waals surface area contributed by atoms with Gasteiger partial charge in [-0.3, -0.25) is 0 Å². The molecule has 0 aromatic heterocycles. The number of nitrogens with two attached hydrogens (primary N) is 1. The fourth-order valence-corrected chi connectivity index (χ4v) is 2.37. The fourth-order valence-electron chi connectivity index (χ4n) is 2.37. The largest absolute Gasteiger partial charge is 0.391 e. The van der Waals surface area contributed by atoms with Gasteiger partial charge in [-0.2, -0.15) is 0 Å². The van der Waals surface area contributed by atoms with Gasteiger partial charge < -0.3 is 10.8 Å². The molecule has 0 bridgehead atoms. The average Bonchev–Trinajstić information content (AvgIpc) is 2.25. The predicted octanol–water partition coefficient (Wildman–Crippen LogP) is 2.97. The Morgan fingerprint density at radius 3 is 2.06 bits per heavy atom. The molecule has 0 saturated heterocycles. The highest BCUT2D eigenvalue weighted by Crippen LogP contribution is 2.34. The molecule has 1 aromatic rings. The molecule has 0 heterocycles. The summed E-state index contributed by atoms with van der Waals surface area (Å²) in [5, 5.41) is 10.1. The van der Waals surface area contributed by atoms with Gasteiger partial charge in [0.1, 0.15) is 0 Å². The number of hydrogen-bond donors (Lipinski definition) is 2. The van der Waals surface area contributed by atoms with Crippen LogP contribution in [0.15, 0.2) is 24.3 Å². The van der Waals surface area contributed by atoms with Crippen LogP contribution in [0, 0.1) is 5.92 Å². The van der Waals surface area contributed by atoms with E-state index in [-0.39, 0.29) is 12.1 Å². The molecular formula is C15H23NO. The Labute approximate surface area is 104 Å². The predicted molar refractivity (Wildman–Crippen MR) is 70.8 cm³/mol. The van der Waals surface area contributed by atoms with Gasteiger partial charge in [0.2, 0.25) is 0 Å². The Balaban J connectivity index is 2.05. The molecule has 1 saturated carbocycles. The molecule has 1 aliphatic rings. The Bertz CT molecular complexity index is 354. The number of benzene rings is 1. The normalized spacial score (nSPS) is 20.1. The molecule has 3 N–H and O–H groups in total. The summed E-state index contributed by atoms with van der Waals surface area (Å²) in [5.41, 5.74) is 8.49. The molecule has 0 unspecified atom stereocenters. The van der Waals surface area contributed by atoms with E-state index in [0.29, 0.717) is 11.8 Å².